The average Bonchev–Trinajstić information content (AvgIpc) is 2.75. The highest BCUT2D eigenvalue weighted by atomic mass is 32.1. The Morgan fingerprint density at radius 3 is 2.74 bits per heavy atom. The molecule has 0 saturated carbocycles. The summed E-state index contributed by atoms with van der Waals surface area (Å²) in [5, 5.41) is 2.32. The van der Waals surface area contributed by atoms with Crippen LogP contribution in [-0.4, -0.2) is 9.55 Å². The molecule has 0 aliphatic heterocycles. The van der Waals surface area contributed by atoms with E-state index >= 15 is 0 Å². The second kappa shape index (κ2) is 5.57. The van der Waals surface area contributed by atoms with E-state index in [0.29, 0.717) is 22.3 Å². The minimum atomic E-state index is 0.0194. The minimum Gasteiger partial charge on any atom is -0.375 e. The highest BCUT2D eigenvalue weighted by Gasteiger charge is 2.11. The largest absolute Gasteiger partial charge is 0.375 e. The molecule has 0 radical (unpaired) electrons. The molecule has 19 heavy (non-hydrogen) atoms. The van der Waals surface area contributed by atoms with Crippen molar-refractivity contribution in [1.29, 1.82) is 0 Å². The normalized spacial score (nSPS) is 11.2. The van der Waals surface area contributed by atoms with Gasteiger partial charge >= 0.3 is 0 Å². The van der Waals surface area contributed by atoms with Crippen molar-refractivity contribution < 1.29 is 0 Å². The molecule has 0 saturated heterocycles. The number of rotatable bonds is 4. The predicted octanol–water partition coefficient (Wildman–Crippen LogP) is 2.91. The summed E-state index contributed by atoms with van der Waals surface area (Å²) >= 11 is 1.35. The molecule has 0 spiro atoms. The number of thiazole rings is 1. The zero-order valence-corrected chi connectivity index (χ0v) is 12.3. The number of hydrogen-bond donors (Lipinski definition) is 1. The molecule has 0 fully saturated rings. The molecule has 0 amide bonds. The van der Waals surface area contributed by atoms with Crippen LogP contribution >= 0.6 is 11.3 Å². The highest BCUT2D eigenvalue weighted by molar-refractivity contribution is 7.13. The van der Waals surface area contributed by atoms with Crippen molar-refractivity contribution in [2.45, 2.75) is 33.7 Å². The first-order valence-corrected chi connectivity index (χ1v) is 7.29. The van der Waals surface area contributed by atoms with Gasteiger partial charge in [-0.3, -0.25) is 4.79 Å². The van der Waals surface area contributed by atoms with Crippen LogP contribution in [0.4, 0.5) is 5.13 Å². The van der Waals surface area contributed by atoms with Crippen molar-refractivity contribution in [3.63, 3.8) is 0 Å². The number of nitrogen functional groups attached to an aromatic ring is 1. The Morgan fingerprint density at radius 1 is 1.42 bits per heavy atom. The fourth-order valence-electron chi connectivity index (χ4n) is 1.94. The summed E-state index contributed by atoms with van der Waals surface area (Å²) in [5.41, 5.74) is 7.93. The van der Waals surface area contributed by atoms with E-state index in [2.05, 4.69) is 18.8 Å². The number of aryl methyl sites for hydroxylation is 1. The molecule has 0 aliphatic rings. The van der Waals surface area contributed by atoms with E-state index < -0.39 is 0 Å². The third-order valence-electron chi connectivity index (χ3n) is 3.12. The van der Waals surface area contributed by atoms with Crippen molar-refractivity contribution in [1.82, 2.24) is 9.55 Å². The molecular weight excluding hydrogens is 258 g/mol. The first-order chi connectivity index (χ1) is 8.99. The molecule has 0 aromatic carbocycles. The summed E-state index contributed by atoms with van der Waals surface area (Å²) in [5.74, 6) is 0.574. The smallest absolute Gasteiger partial charge is 0.260 e. The summed E-state index contributed by atoms with van der Waals surface area (Å²) in [6, 6.07) is 3.80. The minimum absolute atomic E-state index is 0.0194. The van der Waals surface area contributed by atoms with E-state index in [1.54, 1.807) is 0 Å². The maximum Gasteiger partial charge on any atom is 0.260 e. The van der Waals surface area contributed by atoms with E-state index in [1.165, 1.54) is 11.3 Å². The van der Waals surface area contributed by atoms with Crippen LogP contribution in [0.15, 0.2) is 22.3 Å². The molecule has 2 N–H and O–H groups in total. The summed E-state index contributed by atoms with van der Waals surface area (Å²) in [6.07, 6.45) is 0.989. The standard InChI is InChI=1S/C14H19N3OS/c1-9(2)6-7-17-10(3)4-5-11(13(17)18)12-8-19-14(15)16-12/h4-5,8-9H,6-7H2,1-3H3,(H2,15,16). The molecule has 2 aromatic rings. The molecule has 4 nitrogen and oxygen atoms in total. The molecule has 5 heteroatoms. The Morgan fingerprint density at radius 2 is 2.16 bits per heavy atom. The van der Waals surface area contributed by atoms with Gasteiger partial charge in [-0.15, -0.1) is 11.3 Å². The van der Waals surface area contributed by atoms with Gasteiger partial charge in [0.05, 0.1) is 11.3 Å². The second-order valence-corrected chi connectivity index (χ2v) is 5.99. The molecule has 2 heterocycles. The number of anilines is 1. The van der Waals surface area contributed by atoms with Crippen molar-refractivity contribution in [3.8, 4) is 11.3 Å². The van der Waals surface area contributed by atoms with Crippen LogP contribution in [0.2, 0.25) is 0 Å². The lowest BCUT2D eigenvalue weighted by molar-refractivity contribution is 0.502. The van der Waals surface area contributed by atoms with Crippen LogP contribution in [0.3, 0.4) is 0 Å². The lowest BCUT2D eigenvalue weighted by Crippen LogP contribution is -2.24. The third-order valence-corrected chi connectivity index (χ3v) is 3.79. The zero-order valence-electron chi connectivity index (χ0n) is 11.5. The van der Waals surface area contributed by atoms with Gasteiger partial charge in [-0.25, -0.2) is 4.98 Å². The first-order valence-electron chi connectivity index (χ1n) is 6.41. The number of pyridine rings is 1. The molecule has 0 atom stereocenters. The fourth-order valence-corrected chi connectivity index (χ4v) is 2.51. The van der Waals surface area contributed by atoms with Crippen LogP contribution in [0.1, 0.15) is 26.0 Å². The molecule has 0 unspecified atom stereocenters. The molecule has 102 valence electrons. The van der Waals surface area contributed by atoms with Gasteiger partial charge in [-0.2, -0.15) is 0 Å². The maximum atomic E-state index is 12.5. The zero-order chi connectivity index (χ0) is 14.0. The van der Waals surface area contributed by atoms with Gasteiger partial charge in [0.15, 0.2) is 5.13 Å². The Labute approximate surface area is 116 Å². The summed E-state index contributed by atoms with van der Waals surface area (Å²) < 4.78 is 1.82. The van der Waals surface area contributed by atoms with Crippen LogP contribution < -0.4 is 11.3 Å². The topological polar surface area (TPSA) is 60.9 Å². The maximum absolute atomic E-state index is 12.5. The van der Waals surface area contributed by atoms with Crippen LogP contribution in [0, 0.1) is 12.8 Å². The summed E-state index contributed by atoms with van der Waals surface area (Å²) in [6.45, 7) is 7.02. The van der Waals surface area contributed by atoms with Crippen molar-refractivity contribution >= 4 is 16.5 Å². The van der Waals surface area contributed by atoms with Crippen LogP contribution in [-0.2, 0) is 6.54 Å². The van der Waals surface area contributed by atoms with Gasteiger partial charge in [-0.1, -0.05) is 13.8 Å². The number of aromatic nitrogens is 2. The lowest BCUT2D eigenvalue weighted by atomic mass is 10.1. The van der Waals surface area contributed by atoms with Gasteiger partial charge in [0.2, 0.25) is 0 Å². The van der Waals surface area contributed by atoms with Gasteiger partial charge < -0.3 is 10.3 Å². The van der Waals surface area contributed by atoms with Gasteiger partial charge in [0.1, 0.15) is 0 Å². The monoisotopic (exact) mass is 277 g/mol. The molecule has 0 aliphatic carbocycles. The molecular formula is C14H19N3OS. The highest BCUT2D eigenvalue weighted by Crippen LogP contribution is 2.20. The Kier molecular flexibility index (Phi) is 4.04. The predicted molar refractivity (Wildman–Crippen MR) is 80.4 cm³/mol. The number of nitrogens with two attached hydrogens (primary N) is 1. The SMILES string of the molecule is Cc1ccc(-c2csc(N)n2)c(=O)n1CCC(C)C. The van der Waals surface area contributed by atoms with Crippen LogP contribution in [0.25, 0.3) is 11.3 Å². The van der Waals surface area contributed by atoms with E-state index in [4.69, 9.17) is 5.73 Å². The van der Waals surface area contributed by atoms with E-state index in [-0.39, 0.29) is 5.56 Å². The van der Waals surface area contributed by atoms with Crippen molar-refractivity contribution in [3.05, 3.63) is 33.6 Å². The summed E-state index contributed by atoms with van der Waals surface area (Å²) in [7, 11) is 0. The molecule has 2 rings (SSSR count). The van der Waals surface area contributed by atoms with E-state index in [1.807, 2.05) is 29.0 Å². The molecule has 2 aromatic heterocycles. The third kappa shape index (κ3) is 3.04. The van der Waals surface area contributed by atoms with Crippen molar-refractivity contribution in [2.75, 3.05) is 5.73 Å². The van der Waals surface area contributed by atoms with Gasteiger partial charge in [-0.05, 0) is 31.4 Å². The van der Waals surface area contributed by atoms with E-state index in [9.17, 15) is 4.79 Å². The summed E-state index contributed by atoms with van der Waals surface area (Å²) in [4.78, 5) is 16.7. The average molecular weight is 277 g/mol. The Bertz CT molecular complexity index is 628. The lowest BCUT2D eigenvalue weighted by Gasteiger charge is -2.12. The fraction of sp³-hybridized carbons (Fsp3) is 0.429. The Hall–Kier alpha value is -1.62. The van der Waals surface area contributed by atoms with Crippen molar-refractivity contribution in [2.24, 2.45) is 5.92 Å². The van der Waals surface area contributed by atoms with Crippen LogP contribution in [0.5, 0.6) is 0 Å². The second-order valence-electron chi connectivity index (χ2n) is 5.10. The Balaban J connectivity index is 2.42. The molecule has 0 bridgehead atoms. The first kappa shape index (κ1) is 13.8. The number of nitrogens with zero attached hydrogens (tertiary/aromatic N) is 2. The van der Waals surface area contributed by atoms with Gasteiger partial charge in [0, 0.05) is 17.6 Å². The van der Waals surface area contributed by atoms with Gasteiger partial charge in [0.25, 0.3) is 5.56 Å². The quantitative estimate of drug-likeness (QED) is 0.934. The number of hydrogen-bond acceptors (Lipinski definition) is 4. The van der Waals surface area contributed by atoms with E-state index in [0.717, 1.165) is 18.7 Å².